The molecule has 0 saturated heterocycles. The third-order valence-corrected chi connectivity index (χ3v) is 6.68. The fourth-order valence-electron chi connectivity index (χ4n) is 4.69. The predicted molar refractivity (Wildman–Crippen MR) is 156 cm³/mol. The molecule has 0 spiro atoms. The maximum absolute atomic E-state index is 13.1. The summed E-state index contributed by atoms with van der Waals surface area (Å²) >= 11 is 0. The highest BCUT2D eigenvalue weighted by molar-refractivity contribution is 6.10. The number of para-hydroxylation sites is 2. The quantitative estimate of drug-likeness (QED) is 0.261. The van der Waals surface area contributed by atoms with Crippen LogP contribution in [0.1, 0.15) is 21.0 Å². The van der Waals surface area contributed by atoms with Crippen molar-refractivity contribution in [2.45, 2.75) is 0 Å². The molecule has 0 aliphatic heterocycles. The Labute approximate surface area is 227 Å². The van der Waals surface area contributed by atoms with E-state index in [1.807, 2.05) is 84.9 Å². The highest BCUT2D eigenvalue weighted by Gasteiger charge is 2.14. The van der Waals surface area contributed by atoms with Crippen LogP contribution in [0.25, 0.3) is 43.6 Å². The molecule has 190 valence electrons. The van der Waals surface area contributed by atoms with E-state index in [1.54, 1.807) is 24.5 Å². The highest BCUT2D eigenvalue weighted by Crippen LogP contribution is 2.24. The molecule has 0 atom stereocenters. The number of fused-ring (bicyclic) bond motifs is 5. The molecule has 0 radical (unpaired) electrons. The van der Waals surface area contributed by atoms with Gasteiger partial charge >= 0.3 is 0 Å². The molecule has 2 N–H and O–H groups in total. The number of carbonyl (C=O) groups excluding carboxylic acids is 2. The van der Waals surface area contributed by atoms with Crippen molar-refractivity contribution in [1.82, 2.24) is 19.9 Å². The minimum Gasteiger partial charge on any atom is -0.319 e. The van der Waals surface area contributed by atoms with Gasteiger partial charge in [-0.25, -0.2) is 9.97 Å². The molecule has 7 aromatic rings. The van der Waals surface area contributed by atoms with Crippen LogP contribution in [0.15, 0.2) is 109 Å². The normalized spacial score (nSPS) is 11.2. The summed E-state index contributed by atoms with van der Waals surface area (Å²) in [6.07, 6.45) is 3.24. The summed E-state index contributed by atoms with van der Waals surface area (Å²) in [5.41, 5.74) is 4.36. The van der Waals surface area contributed by atoms with Crippen molar-refractivity contribution < 1.29 is 9.59 Å². The Morgan fingerprint density at radius 2 is 0.925 bits per heavy atom. The van der Waals surface area contributed by atoms with E-state index in [0.29, 0.717) is 22.4 Å². The van der Waals surface area contributed by atoms with Gasteiger partial charge in [-0.05, 0) is 36.4 Å². The van der Waals surface area contributed by atoms with E-state index in [4.69, 9.17) is 0 Å². The molecule has 40 heavy (non-hydrogen) atoms. The first kappa shape index (κ1) is 23.4. The van der Waals surface area contributed by atoms with Crippen LogP contribution < -0.4 is 10.6 Å². The predicted octanol–water partition coefficient (Wildman–Crippen LogP) is 6.38. The summed E-state index contributed by atoms with van der Waals surface area (Å²) in [6.45, 7) is 0. The maximum Gasteiger partial charge on any atom is 0.274 e. The Morgan fingerprint density at radius 3 is 1.40 bits per heavy atom. The van der Waals surface area contributed by atoms with Crippen molar-refractivity contribution in [2.75, 3.05) is 10.6 Å². The second-order valence-corrected chi connectivity index (χ2v) is 9.34. The molecule has 0 aliphatic carbocycles. The molecule has 0 saturated carbocycles. The first-order chi connectivity index (χ1) is 19.6. The van der Waals surface area contributed by atoms with Gasteiger partial charge in [-0.15, -0.1) is 0 Å². The van der Waals surface area contributed by atoms with Gasteiger partial charge in [0, 0.05) is 21.5 Å². The first-order valence-electron chi connectivity index (χ1n) is 12.6. The summed E-state index contributed by atoms with van der Waals surface area (Å²) in [6, 6.07) is 29.9. The molecule has 2 amide bonds. The molecule has 4 aromatic heterocycles. The fourth-order valence-corrected chi connectivity index (χ4v) is 4.69. The summed E-state index contributed by atoms with van der Waals surface area (Å²) in [5, 5.41) is 9.21. The van der Waals surface area contributed by atoms with Crippen LogP contribution in [0.2, 0.25) is 0 Å². The number of rotatable bonds is 4. The molecule has 3 aromatic carbocycles. The van der Waals surface area contributed by atoms with E-state index < -0.39 is 0 Å². The van der Waals surface area contributed by atoms with Gasteiger partial charge in [0.2, 0.25) is 0 Å². The van der Waals surface area contributed by atoms with Crippen molar-refractivity contribution in [3.63, 3.8) is 0 Å². The average molecular weight is 521 g/mol. The number of benzene rings is 3. The van der Waals surface area contributed by atoms with Gasteiger partial charge in [-0.3, -0.25) is 19.6 Å². The molecule has 0 aliphatic rings. The Kier molecular flexibility index (Phi) is 5.56. The van der Waals surface area contributed by atoms with Crippen LogP contribution >= 0.6 is 0 Å². The van der Waals surface area contributed by atoms with E-state index in [9.17, 15) is 9.59 Å². The smallest absolute Gasteiger partial charge is 0.274 e. The number of pyridine rings is 4. The number of anilines is 2. The van der Waals surface area contributed by atoms with Crippen molar-refractivity contribution in [3.8, 4) is 0 Å². The molecule has 8 nitrogen and oxygen atoms in total. The highest BCUT2D eigenvalue weighted by atomic mass is 16.2. The second kappa shape index (κ2) is 9.52. The Bertz CT molecular complexity index is 1970. The van der Waals surface area contributed by atoms with Crippen LogP contribution in [-0.4, -0.2) is 31.8 Å². The molecule has 4 heterocycles. The largest absolute Gasteiger partial charge is 0.319 e. The maximum atomic E-state index is 13.1. The second-order valence-electron chi connectivity index (χ2n) is 9.34. The lowest BCUT2D eigenvalue weighted by atomic mass is 10.1. The molecule has 0 fully saturated rings. The lowest BCUT2D eigenvalue weighted by Crippen LogP contribution is -2.15. The number of nitrogens with one attached hydrogen (secondary N) is 2. The topological polar surface area (TPSA) is 110 Å². The number of nitrogens with zero attached hydrogens (tertiary/aromatic N) is 4. The van der Waals surface area contributed by atoms with Gasteiger partial charge in [-0.2, -0.15) is 0 Å². The lowest BCUT2D eigenvalue weighted by molar-refractivity contribution is 0.101. The molecule has 8 heteroatoms. The van der Waals surface area contributed by atoms with Gasteiger partial charge in [0.1, 0.15) is 11.4 Å². The molecule has 7 rings (SSSR count). The fraction of sp³-hybridized carbons (Fsp3) is 0. The zero-order valence-corrected chi connectivity index (χ0v) is 21.0. The molecular formula is C32H20N6O2. The van der Waals surface area contributed by atoms with E-state index in [2.05, 4.69) is 30.6 Å². The molecular weight excluding hydrogens is 500 g/mol. The van der Waals surface area contributed by atoms with Crippen LogP contribution in [0.5, 0.6) is 0 Å². The third kappa shape index (κ3) is 4.33. The number of hydrogen-bond acceptors (Lipinski definition) is 6. The van der Waals surface area contributed by atoms with Crippen molar-refractivity contribution in [2.24, 2.45) is 0 Å². The third-order valence-electron chi connectivity index (χ3n) is 6.68. The summed E-state index contributed by atoms with van der Waals surface area (Å²) in [5.74, 6) is -0.734. The van der Waals surface area contributed by atoms with Gasteiger partial charge in [0.25, 0.3) is 11.8 Å². The Morgan fingerprint density at radius 1 is 0.500 bits per heavy atom. The number of aromatic nitrogens is 4. The van der Waals surface area contributed by atoms with E-state index >= 15 is 0 Å². The zero-order valence-electron chi connectivity index (χ0n) is 21.0. The number of carbonyl (C=O) groups is 2. The van der Waals surface area contributed by atoms with E-state index in [0.717, 1.165) is 32.6 Å². The Balaban J connectivity index is 1.20. The average Bonchev–Trinajstić information content (AvgIpc) is 3.00. The van der Waals surface area contributed by atoms with Crippen LogP contribution in [0.3, 0.4) is 0 Å². The molecule has 0 unspecified atom stereocenters. The Hall–Kier alpha value is -5.76. The van der Waals surface area contributed by atoms with Gasteiger partial charge < -0.3 is 10.6 Å². The summed E-state index contributed by atoms with van der Waals surface area (Å²) in [4.78, 5) is 44.3. The summed E-state index contributed by atoms with van der Waals surface area (Å²) in [7, 11) is 0. The lowest BCUT2D eigenvalue weighted by Gasteiger charge is -2.09. The van der Waals surface area contributed by atoms with Crippen molar-refractivity contribution >= 4 is 66.8 Å². The SMILES string of the molecule is O=C(Nc1cnc2ccccc2c1)c1ccc2ccc3ccc(C(=O)Nc4cnc5ccccc5c4)nc3c2n1. The van der Waals surface area contributed by atoms with E-state index in [-0.39, 0.29) is 23.2 Å². The van der Waals surface area contributed by atoms with Crippen molar-refractivity contribution in [1.29, 1.82) is 0 Å². The van der Waals surface area contributed by atoms with Gasteiger partial charge in [0.15, 0.2) is 0 Å². The van der Waals surface area contributed by atoms with Gasteiger partial charge in [-0.1, -0.05) is 60.7 Å². The van der Waals surface area contributed by atoms with E-state index in [1.165, 1.54) is 0 Å². The minimum absolute atomic E-state index is 0.229. The monoisotopic (exact) mass is 520 g/mol. The zero-order chi connectivity index (χ0) is 27.1. The van der Waals surface area contributed by atoms with Crippen molar-refractivity contribution in [3.05, 3.63) is 121 Å². The number of hydrogen-bond donors (Lipinski definition) is 2. The van der Waals surface area contributed by atoms with Crippen LogP contribution in [-0.2, 0) is 0 Å². The molecule has 0 bridgehead atoms. The van der Waals surface area contributed by atoms with Crippen LogP contribution in [0, 0.1) is 0 Å². The summed E-state index contributed by atoms with van der Waals surface area (Å²) < 4.78 is 0. The minimum atomic E-state index is -0.367. The van der Waals surface area contributed by atoms with Crippen LogP contribution in [0.4, 0.5) is 11.4 Å². The number of amides is 2. The van der Waals surface area contributed by atoms with Gasteiger partial charge in [0.05, 0.1) is 45.8 Å². The first-order valence-corrected chi connectivity index (χ1v) is 12.6. The standard InChI is InChI=1S/C32H20N6O2/c39-31(35-23-15-21-5-1-3-7-25(21)33-17-23)27-13-11-19-9-10-20-12-14-28(38-30(20)29(19)37-27)32(40)36-24-16-22-6-2-4-8-26(22)34-18-24/h1-18H,(H,35,39)(H,36,40).